The van der Waals surface area contributed by atoms with Crippen molar-refractivity contribution in [2.24, 2.45) is 5.73 Å². The molecule has 2 rings (SSSR count). The van der Waals surface area contributed by atoms with Crippen molar-refractivity contribution in [1.82, 2.24) is 5.32 Å². The molecule has 4 heteroatoms. The maximum atomic E-state index is 11.8. The maximum absolute atomic E-state index is 11.8. The maximum Gasteiger partial charge on any atom is 0.251 e. The van der Waals surface area contributed by atoms with Crippen LogP contribution in [-0.4, -0.2) is 18.5 Å². The molecule has 1 aromatic rings. The lowest BCUT2D eigenvalue weighted by molar-refractivity contribution is 0.0941. The zero-order valence-electron chi connectivity index (χ0n) is 10.0. The second kappa shape index (κ2) is 6.03. The molecular formula is C13H19ClN2O. The second-order valence-electron chi connectivity index (χ2n) is 4.45. The molecule has 0 heterocycles. The van der Waals surface area contributed by atoms with Crippen LogP contribution in [0.3, 0.4) is 0 Å². The summed E-state index contributed by atoms with van der Waals surface area (Å²) >= 11 is 0. The Hall–Kier alpha value is -1.06. The van der Waals surface area contributed by atoms with Crippen molar-refractivity contribution in [1.29, 1.82) is 0 Å². The fraction of sp³-hybridized carbons (Fsp3) is 0.462. The molecule has 3 N–H and O–H groups in total. The molecule has 94 valence electrons. The lowest BCUT2D eigenvalue weighted by atomic mass is 10.1. The molecule has 0 bridgehead atoms. The normalized spacial score (nSPS) is 14.7. The van der Waals surface area contributed by atoms with E-state index in [4.69, 9.17) is 5.73 Å². The van der Waals surface area contributed by atoms with Crippen molar-refractivity contribution in [2.75, 3.05) is 6.54 Å². The minimum atomic E-state index is -0.0207. The van der Waals surface area contributed by atoms with Gasteiger partial charge >= 0.3 is 0 Å². The van der Waals surface area contributed by atoms with E-state index in [0.29, 0.717) is 6.54 Å². The largest absolute Gasteiger partial charge is 0.348 e. The van der Waals surface area contributed by atoms with E-state index < -0.39 is 0 Å². The first-order valence-corrected chi connectivity index (χ1v) is 5.83. The van der Waals surface area contributed by atoms with E-state index in [2.05, 4.69) is 11.4 Å². The van der Waals surface area contributed by atoms with Crippen LogP contribution >= 0.6 is 12.4 Å². The van der Waals surface area contributed by atoms with Gasteiger partial charge in [0.15, 0.2) is 0 Å². The van der Waals surface area contributed by atoms with Crippen LogP contribution in [-0.2, 0) is 12.8 Å². The Morgan fingerprint density at radius 3 is 2.82 bits per heavy atom. The van der Waals surface area contributed by atoms with Crippen LogP contribution in [0.4, 0.5) is 0 Å². The van der Waals surface area contributed by atoms with Crippen molar-refractivity contribution < 1.29 is 4.79 Å². The fourth-order valence-electron chi connectivity index (χ4n) is 2.08. The molecule has 17 heavy (non-hydrogen) atoms. The molecule has 1 aromatic carbocycles. The lowest BCUT2D eigenvalue weighted by Crippen LogP contribution is -2.37. The summed E-state index contributed by atoms with van der Waals surface area (Å²) in [6.07, 6.45) is 3.46. The molecule has 1 atom stereocenters. The number of hydrogen-bond donors (Lipinski definition) is 2. The van der Waals surface area contributed by atoms with Gasteiger partial charge in [-0.15, -0.1) is 12.4 Å². The highest BCUT2D eigenvalue weighted by Gasteiger charge is 2.14. The van der Waals surface area contributed by atoms with E-state index in [0.717, 1.165) is 18.4 Å². The molecule has 0 unspecified atom stereocenters. The van der Waals surface area contributed by atoms with Crippen LogP contribution in [0, 0.1) is 0 Å². The number of benzene rings is 1. The van der Waals surface area contributed by atoms with E-state index in [1.54, 1.807) is 0 Å². The molecule has 3 nitrogen and oxygen atoms in total. The molecule has 0 saturated carbocycles. The van der Waals surface area contributed by atoms with Gasteiger partial charge in [0.1, 0.15) is 0 Å². The van der Waals surface area contributed by atoms with Gasteiger partial charge in [-0.25, -0.2) is 0 Å². The molecule has 1 aliphatic carbocycles. The minimum absolute atomic E-state index is 0. The Balaban J connectivity index is 0.00000144. The number of halogens is 1. The van der Waals surface area contributed by atoms with Crippen LogP contribution in [0.25, 0.3) is 0 Å². The van der Waals surface area contributed by atoms with Crippen LogP contribution in [0.5, 0.6) is 0 Å². The van der Waals surface area contributed by atoms with Crippen molar-refractivity contribution in [3.63, 3.8) is 0 Å². The summed E-state index contributed by atoms with van der Waals surface area (Å²) in [7, 11) is 0. The third-order valence-electron chi connectivity index (χ3n) is 3.09. The van der Waals surface area contributed by atoms with Crippen molar-refractivity contribution >= 4 is 18.3 Å². The quantitative estimate of drug-likeness (QED) is 0.862. The summed E-state index contributed by atoms with van der Waals surface area (Å²) in [5.41, 5.74) is 8.94. The third kappa shape index (κ3) is 3.20. The number of carbonyl (C=O) groups excluding carboxylic acids is 1. The number of amides is 1. The number of hydrogen-bond acceptors (Lipinski definition) is 2. The SMILES string of the molecule is C[C@@H](CN)NC(=O)c1ccc2c(c1)CCC2.Cl. The van der Waals surface area contributed by atoms with Gasteiger partial charge in [-0.1, -0.05) is 6.07 Å². The van der Waals surface area contributed by atoms with Crippen LogP contribution in [0.1, 0.15) is 34.8 Å². The number of nitrogens with one attached hydrogen (secondary N) is 1. The minimum Gasteiger partial charge on any atom is -0.348 e. The van der Waals surface area contributed by atoms with Crippen LogP contribution < -0.4 is 11.1 Å². The number of fused-ring (bicyclic) bond motifs is 1. The summed E-state index contributed by atoms with van der Waals surface area (Å²) in [5.74, 6) is -0.0207. The number of rotatable bonds is 3. The van der Waals surface area contributed by atoms with Gasteiger partial charge in [-0.05, 0) is 49.4 Å². The lowest BCUT2D eigenvalue weighted by Gasteiger charge is -2.11. The first-order chi connectivity index (χ1) is 7.70. The third-order valence-corrected chi connectivity index (χ3v) is 3.09. The fourth-order valence-corrected chi connectivity index (χ4v) is 2.08. The molecule has 0 fully saturated rings. The molecule has 1 aliphatic rings. The monoisotopic (exact) mass is 254 g/mol. The predicted octanol–water partition coefficient (Wildman–Crippen LogP) is 1.67. The molecule has 0 saturated heterocycles. The van der Waals surface area contributed by atoms with Crippen LogP contribution in [0.15, 0.2) is 18.2 Å². The summed E-state index contributed by atoms with van der Waals surface area (Å²) in [6.45, 7) is 2.38. The average molecular weight is 255 g/mol. The summed E-state index contributed by atoms with van der Waals surface area (Å²) in [6, 6.07) is 6.02. The molecular weight excluding hydrogens is 236 g/mol. The Morgan fingerprint density at radius 2 is 2.12 bits per heavy atom. The van der Waals surface area contributed by atoms with Crippen molar-refractivity contribution in [3.05, 3.63) is 34.9 Å². The smallest absolute Gasteiger partial charge is 0.251 e. The Kier molecular flexibility index (Phi) is 4.97. The van der Waals surface area contributed by atoms with Gasteiger partial charge < -0.3 is 11.1 Å². The van der Waals surface area contributed by atoms with Gasteiger partial charge in [0.2, 0.25) is 0 Å². The topological polar surface area (TPSA) is 55.1 Å². The van der Waals surface area contributed by atoms with E-state index in [1.807, 2.05) is 19.1 Å². The van der Waals surface area contributed by atoms with E-state index in [1.165, 1.54) is 17.5 Å². The van der Waals surface area contributed by atoms with Gasteiger partial charge in [0.25, 0.3) is 5.91 Å². The number of aryl methyl sites for hydroxylation is 2. The first-order valence-electron chi connectivity index (χ1n) is 5.83. The molecule has 0 aliphatic heterocycles. The highest BCUT2D eigenvalue weighted by Crippen LogP contribution is 2.22. The molecule has 0 radical (unpaired) electrons. The van der Waals surface area contributed by atoms with E-state index in [9.17, 15) is 4.79 Å². The summed E-state index contributed by atoms with van der Waals surface area (Å²) in [5, 5.41) is 2.87. The standard InChI is InChI=1S/C13H18N2O.ClH/c1-9(8-14)15-13(16)12-6-5-10-3-2-4-11(10)7-12;/h5-7,9H,2-4,8,14H2,1H3,(H,15,16);1H/t9-;/m0./s1. The van der Waals surface area contributed by atoms with Crippen LogP contribution in [0.2, 0.25) is 0 Å². The van der Waals surface area contributed by atoms with Gasteiger partial charge in [0, 0.05) is 18.2 Å². The first kappa shape index (κ1) is 14.0. The van der Waals surface area contributed by atoms with E-state index >= 15 is 0 Å². The molecule has 0 aromatic heterocycles. The zero-order valence-corrected chi connectivity index (χ0v) is 10.8. The summed E-state index contributed by atoms with van der Waals surface area (Å²) < 4.78 is 0. The molecule has 1 amide bonds. The zero-order chi connectivity index (χ0) is 11.5. The second-order valence-corrected chi connectivity index (χ2v) is 4.45. The number of carbonyl (C=O) groups is 1. The summed E-state index contributed by atoms with van der Waals surface area (Å²) in [4.78, 5) is 11.8. The van der Waals surface area contributed by atoms with Crippen molar-refractivity contribution in [3.8, 4) is 0 Å². The highest BCUT2D eigenvalue weighted by atomic mass is 35.5. The average Bonchev–Trinajstić information content (AvgIpc) is 2.75. The van der Waals surface area contributed by atoms with Crippen molar-refractivity contribution in [2.45, 2.75) is 32.2 Å². The Bertz CT molecular complexity index is 406. The molecule has 0 spiro atoms. The Morgan fingerprint density at radius 1 is 1.41 bits per heavy atom. The highest BCUT2D eigenvalue weighted by molar-refractivity contribution is 5.94. The van der Waals surface area contributed by atoms with Gasteiger partial charge in [-0.2, -0.15) is 0 Å². The van der Waals surface area contributed by atoms with E-state index in [-0.39, 0.29) is 24.4 Å². The number of nitrogens with two attached hydrogens (primary N) is 1. The van der Waals surface area contributed by atoms with Gasteiger partial charge in [0.05, 0.1) is 0 Å². The Labute approximate surface area is 108 Å². The van der Waals surface area contributed by atoms with Gasteiger partial charge in [-0.3, -0.25) is 4.79 Å². The predicted molar refractivity (Wildman–Crippen MR) is 71.7 cm³/mol.